The van der Waals surface area contributed by atoms with Crippen molar-refractivity contribution in [2.75, 3.05) is 19.0 Å². The number of nitro benzene ring substituents is 1. The Kier molecular flexibility index (Phi) is 4.31. The lowest BCUT2D eigenvalue weighted by atomic mass is 9.92. The molecule has 0 spiro atoms. The van der Waals surface area contributed by atoms with E-state index in [1.807, 2.05) is 0 Å². The van der Waals surface area contributed by atoms with Crippen molar-refractivity contribution in [3.8, 4) is 5.75 Å². The van der Waals surface area contributed by atoms with Gasteiger partial charge >= 0.3 is 0 Å². The summed E-state index contributed by atoms with van der Waals surface area (Å²) in [6, 6.07) is 4.31. The van der Waals surface area contributed by atoms with E-state index in [1.165, 1.54) is 19.2 Å². The van der Waals surface area contributed by atoms with Crippen molar-refractivity contribution in [1.29, 1.82) is 0 Å². The molecular formula is C12H17N3O4. The number of nitrogens with zero attached hydrogens (tertiary/aromatic N) is 1. The highest BCUT2D eigenvalue weighted by Gasteiger charge is 2.24. The zero-order chi connectivity index (χ0) is 14.6. The van der Waals surface area contributed by atoms with E-state index in [-0.39, 0.29) is 12.2 Å². The van der Waals surface area contributed by atoms with E-state index in [1.54, 1.807) is 19.9 Å². The Morgan fingerprint density at radius 2 is 2.11 bits per heavy atom. The smallest absolute Gasteiger partial charge is 0.275 e. The number of amides is 1. The number of non-ortho nitro benzene ring substituents is 1. The number of carbonyl (C=O) groups excluding carboxylic acids is 1. The molecule has 3 N–H and O–H groups in total. The summed E-state index contributed by atoms with van der Waals surface area (Å²) in [5.74, 6) is -0.0778. The van der Waals surface area contributed by atoms with Crippen LogP contribution in [0.5, 0.6) is 5.75 Å². The number of anilines is 1. The number of methoxy groups -OCH3 is 1. The second-order valence-corrected chi connectivity index (χ2v) is 4.78. The third-order valence-electron chi connectivity index (χ3n) is 2.74. The highest BCUT2D eigenvalue weighted by atomic mass is 16.6. The topological polar surface area (TPSA) is 107 Å². The van der Waals surface area contributed by atoms with Crippen molar-refractivity contribution in [3.63, 3.8) is 0 Å². The lowest BCUT2D eigenvalue weighted by molar-refractivity contribution is -0.384. The average Bonchev–Trinajstić information content (AvgIpc) is 2.35. The minimum Gasteiger partial charge on any atom is -0.496 e. The molecule has 0 fully saturated rings. The maximum atomic E-state index is 11.2. The molecule has 0 aliphatic heterocycles. The van der Waals surface area contributed by atoms with E-state index in [9.17, 15) is 14.9 Å². The van der Waals surface area contributed by atoms with E-state index in [2.05, 4.69) is 5.32 Å². The molecule has 7 heteroatoms. The molecule has 0 unspecified atom stereocenters. The van der Waals surface area contributed by atoms with Crippen molar-refractivity contribution in [1.82, 2.24) is 0 Å². The van der Waals surface area contributed by atoms with Gasteiger partial charge in [-0.2, -0.15) is 0 Å². The summed E-state index contributed by atoms with van der Waals surface area (Å²) in [7, 11) is 1.43. The van der Waals surface area contributed by atoms with Crippen LogP contribution < -0.4 is 15.8 Å². The first kappa shape index (κ1) is 14.7. The molecule has 0 heterocycles. The molecule has 0 aliphatic rings. The van der Waals surface area contributed by atoms with Crippen LogP contribution in [0.4, 0.5) is 11.4 Å². The summed E-state index contributed by atoms with van der Waals surface area (Å²) in [5.41, 5.74) is 4.92. The van der Waals surface area contributed by atoms with E-state index in [4.69, 9.17) is 10.5 Å². The number of ether oxygens (including phenoxy) is 1. The van der Waals surface area contributed by atoms with Gasteiger partial charge in [-0.15, -0.1) is 0 Å². The minimum atomic E-state index is -0.752. The van der Waals surface area contributed by atoms with Gasteiger partial charge in [-0.25, -0.2) is 0 Å². The number of nitro groups is 1. The molecule has 1 aromatic rings. The van der Waals surface area contributed by atoms with Gasteiger partial charge in [0, 0.05) is 24.4 Å². The fraction of sp³-hybridized carbons (Fsp3) is 0.417. The van der Waals surface area contributed by atoms with Crippen molar-refractivity contribution >= 4 is 17.3 Å². The van der Waals surface area contributed by atoms with Crippen LogP contribution in [-0.4, -0.2) is 24.5 Å². The lowest BCUT2D eigenvalue weighted by Crippen LogP contribution is -2.37. The predicted molar refractivity (Wildman–Crippen MR) is 71.1 cm³/mol. The fourth-order valence-corrected chi connectivity index (χ4v) is 1.32. The van der Waals surface area contributed by atoms with E-state index in [0.717, 1.165) is 0 Å². The highest BCUT2D eigenvalue weighted by molar-refractivity contribution is 5.80. The van der Waals surface area contributed by atoms with Crippen molar-refractivity contribution in [2.45, 2.75) is 13.8 Å². The van der Waals surface area contributed by atoms with Crippen LogP contribution in [0.25, 0.3) is 0 Å². The van der Waals surface area contributed by atoms with Crippen molar-refractivity contribution < 1.29 is 14.5 Å². The lowest BCUT2D eigenvalue weighted by Gasteiger charge is -2.21. The molecule has 0 aromatic heterocycles. The fourth-order valence-electron chi connectivity index (χ4n) is 1.32. The molecule has 0 atom stereocenters. The zero-order valence-electron chi connectivity index (χ0n) is 11.1. The van der Waals surface area contributed by atoms with Gasteiger partial charge in [0.1, 0.15) is 5.75 Å². The monoisotopic (exact) mass is 267 g/mol. The van der Waals surface area contributed by atoms with Crippen LogP contribution >= 0.6 is 0 Å². The number of nitrogens with one attached hydrogen (secondary N) is 1. The van der Waals surface area contributed by atoms with Gasteiger partial charge < -0.3 is 15.8 Å². The van der Waals surface area contributed by atoms with E-state index in [0.29, 0.717) is 11.4 Å². The van der Waals surface area contributed by atoms with Gasteiger partial charge in [0.2, 0.25) is 5.91 Å². The van der Waals surface area contributed by atoms with Crippen LogP contribution in [-0.2, 0) is 4.79 Å². The Morgan fingerprint density at radius 3 is 2.58 bits per heavy atom. The molecule has 19 heavy (non-hydrogen) atoms. The maximum absolute atomic E-state index is 11.2. The molecule has 7 nitrogen and oxygen atoms in total. The Morgan fingerprint density at radius 1 is 1.47 bits per heavy atom. The summed E-state index contributed by atoms with van der Waals surface area (Å²) in [6.07, 6.45) is 0. The van der Waals surface area contributed by atoms with Gasteiger partial charge in [-0.05, 0) is 13.8 Å². The number of hydrogen-bond donors (Lipinski definition) is 2. The number of primary amides is 1. The van der Waals surface area contributed by atoms with E-state index < -0.39 is 16.2 Å². The van der Waals surface area contributed by atoms with Crippen LogP contribution in [0.3, 0.4) is 0 Å². The molecule has 0 radical (unpaired) electrons. The van der Waals surface area contributed by atoms with Gasteiger partial charge in [0.25, 0.3) is 5.69 Å². The maximum Gasteiger partial charge on any atom is 0.275 e. The third-order valence-corrected chi connectivity index (χ3v) is 2.74. The predicted octanol–water partition coefficient (Wildman–Crippen LogP) is 1.53. The SMILES string of the molecule is COc1cc(NCC(C)(C)C(N)=O)cc([N+](=O)[O-])c1. The van der Waals surface area contributed by atoms with Crippen LogP contribution in [0.1, 0.15) is 13.8 Å². The van der Waals surface area contributed by atoms with Gasteiger partial charge in [0.05, 0.1) is 23.5 Å². The first-order valence-electron chi connectivity index (χ1n) is 5.63. The molecule has 0 aliphatic carbocycles. The highest BCUT2D eigenvalue weighted by Crippen LogP contribution is 2.26. The summed E-state index contributed by atoms with van der Waals surface area (Å²) >= 11 is 0. The number of carbonyl (C=O) groups is 1. The average molecular weight is 267 g/mol. The van der Waals surface area contributed by atoms with Gasteiger partial charge in [-0.3, -0.25) is 14.9 Å². The third kappa shape index (κ3) is 3.84. The molecule has 0 saturated carbocycles. The van der Waals surface area contributed by atoms with Gasteiger partial charge in [-0.1, -0.05) is 0 Å². The Balaban J connectivity index is 2.92. The first-order chi connectivity index (χ1) is 8.76. The second-order valence-electron chi connectivity index (χ2n) is 4.78. The molecular weight excluding hydrogens is 250 g/mol. The Hall–Kier alpha value is -2.31. The van der Waals surface area contributed by atoms with Crippen molar-refractivity contribution in [3.05, 3.63) is 28.3 Å². The van der Waals surface area contributed by atoms with Crippen molar-refractivity contribution in [2.24, 2.45) is 11.1 Å². The summed E-state index contributed by atoms with van der Waals surface area (Å²) in [6.45, 7) is 3.65. The normalized spacial score (nSPS) is 10.9. The molecule has 1 amide bonds. The molecule has 1 aromatic carbocycles. The number of benzene rings is 1. The van der Waals surface area contributed by atoms with Gasteiger partial charge in [0.15, 0.2) is 0 Å². The molecule has 104 valence electrons. The summed E-state index contributed by atoms with van der Waals surface area (Å²) in [4.78, 5) is 21.5. The largest absolute Gasteiger partial charge is 0.496 e. The number of rotatable bonds is 6. The summed E-state index contributed by atoms with van der Waals surface area (Å²) < 4.78 is 4.99. The number of hydrogen-bond acceptors (Lipinski definition) is 5. The first-order valence-corrected chi connectivity index (χ1v) is 5.63. The van der Waals surface area contributed by atoms with E-state index >= 15 is 0 Å². The molecule has 1 rings (SSSR count). The van der Waals surface area contributed by atoms with Crippen LogP contribution in [0, 0.1) is 15.5 Å². The minimum absolute atomic E-state index is 0.0845. The standard InChI is InChI=1S/C12H17N3O4/c1-12(2,11(13)16)7-14-8-4-9(15(17)18)6-10(5-8)19-3/h4-6,14H,7H2,1-3H3,(H2,13,16). The second kappa shape index (κ2) is 5.55. The quantitative estimate of drug-likeness (QED) is 0.600. The van der Waals surface area contributed by atoms with Crippen LogP contribution in [0.15, 0.2) is 18.2 Å². The Bertz CT molecular complexity index is 500. The molecule has 0 bridgehead atoms. The zero-order valence-corrected chi connectivity index (χ0v) is 11.1. The summed E-state index contributed by atoms with van der Waals surface area (Å²) in [5, 5.41) is 13.7. The van der Waals surface area contributed by atoms with Crippen LogP contribution in [0.2, 0.25) is 0 Å². The number of nitrogens with two attached hydrogens (primary N) is 1. The Labute approximate surface area is 110 Å². The molecule has 0 saturated heterocycles.